The number of benzene rings is 1. The van der Waals surface area contributed by atoms with E-state index in [0.29, 0.717) is 0 Å². The van der Waals surface area contributed by atoms with Gasteiger partial charge in [0.2, 0.25) is 0 Å². The summed E-state index contributed by atoms with van der Waals surface area (Å²) in [5.74, 6) is 0.923. The molecular formula is C11H12BrN3. The van der Waals surface area contributed by atoms with E-state index in [1.165, 1.54) is 0 Å². The summed E-state index contributed by atoms with van der Waals surface area (Å²) in [5, 5.41) is 2.09. The molecule has 15 heavy (non-hydrogen) atoms. The molecule has 0 bridgehead atoms. The van der Waals surface area contributed by atoms with Gasteiger partial charge >= 0.3 is 0 Å². The molecule has 2 N–H and O–H groups in total. The number of hydrogen-bond acceptors (Lipinski definition) is 3. The van der Waals surface area contributed by atoms with Crippen LogP contribution >= 0.6 is 15.9 Å². The standard InChI is InChI=1S/C11H12BrN3/c1-15(2)11-10-7(5-6-14-11)9(13)4-3-8(10)12/h3-6H,13H2,1-2H3. The molecule has 2 rings (SSSR count). The second-order valence-corrected chi connectivity index (χ2v) is 4.44. The Morgan fingerprint density at radius 3 is 2.67 bits per heavy atom. The zero-order valence-electron chi connectivity index (χ0n) is 8.66. The number of hydrogen-bond donors (Lipinski definition) is 1. The first-order valence-electron chi connectivity index (χ1n) is 4.61. The summed E-state index contributed by atoms with van der Waals surface area (Å²) >= 11 is 3.53. The molecule has 0 amide bonds. The third kappa shape index (κ3) is 1.65. The Morgan fingerprint density at radius 2 is 2.00 bits per heavy atom. The van der Waals surface area contributed by atoms with E-state index in [0.717, 1.165) is 26.8 Å². The van der Waals surface area contributed by atoms with Crippen LogP contribution < -0.4 is 10.6 Å². The fraction of sp³-hybridized carbons (Fsp3) is 0.182. The highest BCUT2D eigenvalue weighted by atomic mass is 79.9. The molecule has 0 aliphatic heterocycles. The third-order valence-electron chi connectivity index (χ3n) is 2.31. The number of nitrogens with two attached hydrogens (primary N) is 1. The molecule has 0 radical (unpaired) electrons. The quantitative estimate of drug-likeness (QED) is 0.807. The number of aromatic nitrogens is 1. The van der Waals surface area contributed by atoms with Crippen LogP contribution in [0.4, 0.5) is 11.5 Å². The SMILES string of the molecule is CN(C)c1nccc2c(N)ccc(Br)c12. The van der Waals surface area contributed by atoms with Crippen LogP contribution in [-0.4, -0.2) is 19.1 Å². The Bertz CT molecular complexity index is 508. The van der Waals surface area contributed by atoms with Gasteiger partial charge in [-0.15, -0.1) is 0 Å². The van der Waals surface area contributed by atoms with Crippen molar-refractivity contribution in [2.45, 2.75) is 0 Å². The molecule has 1 aromatic heterocycles. The largest absolute Gasteiger partial charge is 0.398 e. The van der Waals surface area contributed by atoms with Crippen LogP contribution in [0.1, 0.15) is 0 Å². The van der Waals surface area contributed by atoms with Crippen molar-refractivity contribution in [3.8, 4) is 0 Å². The van der Waals surface area contributed by atoms with Gasteiger partial charge in [-0.1, -0.05) is 15.9 Å². The molecule has 0 fully saturated rings. The molecule has 78 valence electrons. The van der Waals surface area contributed by atoms with E-state index in [4.69, 9.17) is 5.73 Å². The number of nitrogens with zero attached hydrogens (tertiary/aromatic N) is 2. The van der Waals surface area contributed by atoms with Crippen molar-refractivity contribution in [2.24, 2.45) is 0 Å². The Labute approximate surface area is 97.0 Å². The van der Waals surface area contributed by atoms with Crippen molar-refractivity contribution >= 4 is 38.2 Å². The molecule has 0 saturated heterocycles. The first-order valence-corrected chi connectivity index (χ1v) is 5.40. The number of halogens is 1. The Morgan fingerprint density at radius 1 is 1.27 bits per heavy atom. The van der Waals surface area contributed by atoms with Gasteiger partial charge in [0.1, 0.15) is 5.82 Å². The Hall–Kier alpha value is -1.29. The molecule has 0 aliphatic carbocycles. The van der Waals surface area contributed by atoms with Crippen LogP contribution in [-0.2, 0) is 0 Å². The van der Waals surface area contributed by atoms with Crippen molar-refractivity contribution < 1.29 is 0 Å². The van der Waals surface area contributed by atoms with E-state index < -0.39 is 0 Å². The molecule has 3 nitrogen and oxygen atoms in total. The average molecular weight is 266 g/mol. The minimum atomic E-state index is 0.777. The maximum absolute atomic E-state index is 5.93. The number of pyridine rings is 1. The van der Waals surface area contributed by atoms with Gasteiger partial charge in [0, 0.05) is 41.2 Å². The van der Waals surface area contributed by atoms with Crippen molar-refractivity contribution in [3.05, 3.63) is 28.9 Å². The lowest BCUT2D eigenvalue weighted by Gasteiger charge is -2.15. The Balaban J connectivity index is 2.90. The van der Waals surface area contributed by atoms with Crippen molar-refractivity contribution in [2.75, 3.05) is 24.7 Å². The Kier molecular flexibility index (Phi) is 2.52. The fourth-order valence-electron chi connectivity index (χ4n) is 1.60. The van der Waals surface area contributed by atoms with E-state index in [1.54, 1.807) is 6.20 Å². The molecular weight excluding hydrogens is 254 g/mol. The zero-order chi connectivity index (χ0) is 11.0. The van der Waals surface area contributed by atoms with Gasteiger partial charge in [0.15, 0.2) is 0 Å². The molecule has 1 aromatic carbocycles. The molecule has 0 saturated carbocycles. The summed E-state index contributed by atoms with van der Waals surface area (Å²) in [4.78, 5) is 6.33. The normalized spacial score (nSPS) is 10.6. The summed E-state index contributed by atoms with van der Waals surface area (Å²) in [6, 6.07) is 5.78. The molecule has 1 heterocycles. The summed E-state index contributed by atoms with van der Waals surface area (Å²) in [6.45, 7) is 0. The average Bonchev–Trinajstić information content (AvgIpc) is 2.23. The second kappa shape index (κ2) is 3.70. The lowest BCUT2D eigenvalue weighted by atomic mass is 10.1. The number of anilines is 2. The van der Waals surface area contributed by atoms with E-state index in [-0.39, 0.29) is 0 Å². The summed E-state index contributed by atoms with van der Waals surface area (Å²) in [5.41, 5.74) is 6.70. The van der Waals surface area contributed by atoms with E-state index in [2.05, 4.69) is 20.9 Å². The predicted octanol–water partition coefficient (Wildman–Crippen LogP) is 2.65. The van der Waals surface area contributed by atoms with Gasteiger partial charge in [-0.05, 0) is 18.2 Å². The molecule has 2 aromatic rings. The van der Waals surface area contributed by atoms with Crippen LogP contribution in [0.15, 0.2) is 28.9 Å². The second-order valence-electron chi connectivity index (χ2n) is 3.59. The minimum absolute atomic E-state index is 0.777. The summed E-state index contributed by atoms with van der Waals surface area (Å²) in [7, 11) is 3.94. The third-order valence-corrected chi connectivity index (χ3v) is 2.97. The van der Waals surface area contributed by atoms with Crippen LogP contribution in [0.2, 0.25) is 0 Å². The fourth-order valence-corrected chi connectivity index (χ4v) is 2.12. The van der Waals surface area contributed by atoms with Crippen molar-refractivity contribution in [3.63, 3.8) is 0 Å². The van der Waals surface area contributed by atoms with E-state index >= 15 is 0 Å². The maximum Gasteiger partial charge on any atom is 0.137 e. The first-order chi connectivity index (χ1) is 7.11. The van der Waals surface area contributed by atoms with Crippen LogP contribution in [0.5, 0.6) is 0 Å². The van der Waals surface area contributed by atoms with Crippen molar-refractivity contribution in [1.82, 2.24) is 4.98 Å². The number of fused-ring (bicyclic) bond motifs is 1. The van der Waals surface area contributed by atoms with Gasteiger partial charge in [0.25, 0.3) is 0 Å². The van der Waals surface area contributed by atoms with E-state index in [9.17, 15) is 0 Å². The highest BCUT2D eigenvalue weighted by Crippen LogP contribution is 2.33. The van der Waals surface area contributed by atoms with Crippen LogP contribution in [0.25, 0.3) is 10.8 Å². The molecule has 0 spiro atoms. The highest BCUT2D eigenvalue weighted by Gasteiger charge is 2.09. The predicted molar refractivity (Wildman–Crippen MR) is 68.2 cm³/mol. The zero-order valence-corrected chi connectivity index (χ0v) is 10.2. The lowest BCUT2D eigenvalue weighted by molar-refractivity contribution is 1.08. The summed E-state index contributed by atoms with van der Waals surface area (Å²) in [6.07, 6.45) is 1.78. The smallest absolute Gasteiger partial charge is 0.137 e. The molecule has 4 heteroatoms. The lowest BCUT2D eigenvalue weighted by Crippen LogP contribution is -2.11. The maximum atomic E-state index is 5.93. The van der Waals surface area contributed by atoms with Gasteiger partial charge in [-0.3, -0.25) is 0 Å². The first kappa shape index (κ1) is 10.2. The topological polar surface area (TPSA) is 42.2 Å². The number of rotatable bonds is 1. The van der Waals surface area contributed by atoms with Gasteiger partial charge in [-0.25, -0.2) is 4.98 Å². The molecule has 0 aliphatic rings. The van der Waals surface area contributed by atoms with E-state index in [1.807, 2.05) is 37.2 Å². The number of nitrogen functional groups attached to an aromatic ring is 1. The van der Waals surface area contributed by atoms with Gasteiger partial charge < -0.3 is 10.6 Å². The highest BCUT2D eigenvalue weighted by molar-refractivity contribution is 9.10. The van der Waals surface area contributed by atoms with Crippen LogP contribution in [0.3, 0.4) is 0 Å². The van der Waals surface area contributed by atoms with Crippen LogP contribution in [0, 0.1) is 0 Å². The monoisotopic (exact) mass is 265 g/mol. The molecule has 0 atom stereocenters. The van der Waals surface area contributed by atoms with Gasteiger partial charge in [-0.2, -0.15) is 0 Å². The van der Waals surface area contributed by atoms with Crippen molar-refractivity contribution in [1.29, 1.82) is 0 Å². The van der Waals surface area contributed by atoms with Gasteiger partial charge in [0.05, 0.1) is 0 Å². The summed E-state index contributed by atoms with van der Waals surface area (Å²) < 4.78 is 1.02. The minimum Gasteiger partial charge on any atom is -0.398 e. The molecule has 0 unspecified atom stereocenters.